The van der Waals surface area contributed by atoms with E-state index >= 15 is 0 Å². The van der Waals surface area contributed by atoms with Gasteiger partial charge in [-0.25, -0.2) is 9.50 Å². The lowest BCUT2D eigenvalue weighted by Gasteiger charge is -2.23. The fraction of sp³-hybridized carbons (Fsp3) is 0.417. The van der Waals surface area contributed by atoms with Crippen LogP contribution in [-0.4, -0.2) is 62.4 Å². The number of aryl methyl sites for hydroxylation is 2. The summed E-state index contributed by atoms with van der Waals surface area (Å²) in [5.41, 5.74) is 3.72. The van der Waals surface area contributed by atoms with E-state index in [1.807, 2.05) is 43.0 Å². The molecule has 0 aliphatic carbocycles. The second-order valence-electron chi connectivity index (χ2n) is 8.87. The summed E-state index contributed by atoms with van der Waals surface area (Å²) in [7, 11) is 0. The van der Waals surface area contributed by atoms with Crippen molar-refractivity contribution in [2.45, 2.75) is 33.1 Å². The largest absolute Gasteiger partial charge is 0.342 e. The summed E-state index contributed by atoms with van der Waals surface area (Å²) in [5.74, 6) is 0.0804. The summed E-state index contributed by atoms with van der Waals surface area (Å²) in [6.45, 7) is 6.46. The van der Waals surface area contributed by atoms with Gasteiger partial charge in [0, 0.05) is 43.6 Å². The molecule has 1 spiro atoms. The lowest BCUT2D eigenvalue weighted by Crippen LogP contribution is -2.39. The van der Waals surface area contributed by atoms with E-state index < -0.39 is 5.41 Å². The Hall–Kier alpha value is -3.22. The highest BCUT2D eigenvalue weighted by atomic mass is 16.2. The van der Waals surface area contributed by atoms with Gasteiger partial charge in [0.25, 0.3) is 5.91 Å². The normalized spacial score (nSPS) is 21.0. The maximum atomic E-state index is 13.2. The fourth-order valence-electron chi connectivity index (χ4n) is 4.99. The van der Waals surface area contributed by atoms with E-state index in [0.29, 0.717) is 24.4 Å². The Labute approximate surface area is 181 Å². The van der Waals surface area contributed by atoms with Crippen molar-refractivity contribution in [2.75, 3.05) is 26.2 Å². The lowest BCUT2D eigenvalue weighted by molar-refractivity contribution is -0.135. The average Bonchev–Trinajstić information content (AvgIpc) is 3.46. The molecule has 4 heterocycles. The summed E-state index contributed by atoms with van der Waals surface area (Å²) in [6.07, 6.45) is 2.40. The number of aromatic nitrogens is 3. The monoisotopic (exact) mass is 417 g/mol. The van der Waals surface area contributed by atoms with Crippen LogP contribution in [0.3, 0.4) is 0 Å². The molecule has 0 bridgehead atoms. The molecule has 2 amide bonds. The first-order chi connectivity index (χ1) is 14.9. The van der Waals surface area contributed by atoms with E-state index in [2.05, 4.69) is 22.2 Å². The number of nitrogens with zero attached hydrogens (tertiary/aromatic N) is 5. The number of amides is 2. The van der Waals surface area contributed by atoms with Gasteiger partial charge >= 0.3 is 0 Å². The van der Waals surface area contributed by atoms with Crippen LogP contribution >= 0.6 is 0 Å². The zero-order valence-electron chi connectivity index (χ0n) is 18.0. The Morgan fingerprint density at radius 1 is 1.10 bits per heavy atom. The first-order valence-corrected chi connectivity index (χ1v) is 10.9. The first-order valence-electron chi connectivity index (χ1n) is 10.9. The van der Waals surface area contributed by atoms with Gasteiger partial charge in [0.15, 0.2) is 11.3 Å². The molecule has 7 nitrogen and oxygen atoms in total. The number of rotatable bonds is 4. The van der Waals surface area contributed by atoms with Crippen molar-refractivity contribution in [2.24, 2.45) is 5.41 Å². The predicted octanol–water partition coefficient (Wildman–Crippen LogP) is 2.65. The Balaban J connectivity index is 1.27. The highest BCUT2D eigenvalue weighted by Gasteiger charge is 2.51. The Kier molecular flexibility index (Phi) is 4.76. The molecule has 2 saturated heterocycles. The molecular weight excluding hydrogens is 390 g/mol. The summed E-state index contributed by atoms with van der Waals surface area (Å²) in [5, 5.41) is 4.48. The molecule has 31 heavy (non-hydrogen) atoms. The molecule has 3 aromatic rings. The Morgan fingerprint density at radius 3 is 2.68 bits per heavy atom. The molecule has 1 aromatic carbocycles. The Bertz CT molecular complexity index is 1160. The van der Waals surface area contributed by atoms with Gasteiger partial charge < -0.3 is 9.80 Å². The maximum Gasteiger partial charge on any atom is 0.274 e. The average molecular weight is 418 g/mol. The molecule has 0 radical (unpaired) electrons. The van der Waals surface area contributed by atoms with Crippen LogP contribution < -0.4 is 0 Å². The van der Waals surface area contributed by atoms with Gasteiger partial charge in [-0.2, -0.15) is 5.10 Å². The molecule has 0 N–H and O–H groups in total. The van der Waals surface area contributed by atoms with Crippen molar-refractivity contribution in [3.05, 3.63) is 65.1 Å². The highest BCUT2D eigenvalue weighted by molar-refractivity contribution is 5.95. The lowest BCUT2D eigenvalue weighted by atomic mass is 9.85. The number of fused-ring (bicyclic) bond motifs is 1. The van der Waals surface area contributed by atoms with Crippen molar-refractivity contribution in [1.82, 2.24) is 24.4 Å². The van der Waals surface area contributed by atoms with Crippen molar-refractivity contribution in [3.8, 4) is 0 Å². The number of carbonyl (C=O) groups excluding carboxylic acids is 2. The van der Waals surface area contributed by atoms with Crippen LogP contribution in [0.4, 0.5) is 0 Å². The van der Waals surface area contributed by atoms with Crippen LogP contribution in [0.25, 0.3) is 5.65 Å². The van der Waals surface area contributed by atoms with Gasteiger partial charge in [0.05, 0.1) is 5.41 Å². The van der Waals surface area contributed by atoms with Crippen molar-refractivity contribution in [1.29, 1.82) is 0 Å². The third-order valence-electron chi connectivity index (χ3n) is 6.71. The number of likely N-dealkylation sites (tertiary alicyclic amines) is 2. The fourth-order valence-corrected chi connectivity index (χ4v) is 4.99. The van der Waals surface area contributed by atoms with Gasteiger partial charge in [-0.1, -0.05) is 30.3 Å². The van der Waals surface area contributed by atoms with Crippen LogP contribution in [0.15, 0.2) is 42.5 Å². The van der Waals surface area contributed by atoms with Gasteiger partial charge in [-0.3, -0.25) is 9.59 Å². The standard InChI is InChI=1S/C24H27N5O2/c1-17-14-18(2)29-21(25-17)15-20(26-29)22(30)28-13-10-24(16-28)9-12-27(23(24)31)11-8-19-6-4-3-5-7-19/h3-7,14-15H,8-13,16H2,1-2H3. The Morgan fingerprint density at radius 2 is 1.87 bits per heavy atom. The van der Waals surface area contributed by atoms with Crippen LogP contribution in [0.2, 0.25) is 0 Å². The van der Waals surface area contributed by atoms with E-state index in [-0.39, 0.29) is 11.8 Å². The smallest absolute Gasteiger partial charge is 0.274 e. The number of carbonyl (C=O) groups is 2. The summed E-state index contributed by atoms with van der Waals surface area (Å²) in [6, 6.07) is 13.9. The third-order valence-corrected chi connectivity index (χ3v) is 6.71. The molecule has 2 aliphatic rings. The third kappa shape index (κ3) is 3.48. The number of benzene rings is 1. The van der Waals surface area contributed by atoms with Crippen molar-refractivity contribution >= 4 is 17.5 Å². The number of hydrogen-bond acceptors (Lipinski definition) is 4. The van der Waals surface area contributed by atoms with E-state index in [9.17, 15) is 9.59 Å². The molecule has 7 heteroatoms. The molecule has 0 saturated carbocycles. The summed E-state index contributed by atoms with van der Waals surface area (Å²) >= 11 is 0. The van der Waals surface area contributed by atoms with Gasteiger partial charge in [0.1, 0.15) is 0 Å². The van der Waals surface area contributed by atoms with E-state index in [4.69, 9.17) is 0 Å². The summed E-state index contributed by atoms with van der Waals surface area (Å²) < 4.78 is 1.71. The number of hydrogen-bond donors (Lipinski definition) is 0. The predicted molar refractivity (Wildman–Crippen MR) is 117 cm³/mol. The van der Waals surface area contributed by atoms with E-state index in [0.717, 1.165) is 43.7 Å². The van der Waals surface area contributed by atoms with Crippen LogP contribution in [0.1, 0.15) is 40.3 Å². The molecule has 2 fully saturated rings. The molecule has 2 aromatic heterocycles. The minimum absolute atomic E-state index is 0.116. The quantitative estimate of drug-likeness (QED) is 0.654. The zero-order chi connectivity index (χ0) is 21.6. The van der Waals surface area contributed by atoms with Crippen molar-refractivity contribution < 1.29 is 9.59 Å². The highest BCUT2D eigenvalue weighted by Crippen LogP contribution is 2.41. The SMILES string of the molecule is Cc1cc(C)n2nc(C(=O)N3CCC4(CCN(CCc5ccccc5)C4=O)C3)cc2n1. The zero-order valence-corrected chi connectivity index (χ0v) is 18.0. The van der Waals surface area contributed by atoms with Crippen LogP contribution in [-0.2, 0) is 11.2 Å². The molecule has 2 aliphatic heterocycles. The molecule has 5 rings (SSSR count). The topological polar surface area (TPSA) is 70.8 Å². The minimum atomic E-state index is -0.434. The van der Waals surface area contributed by atoms with Crippen LogP contribution in [0, 0.1) is 19.3 Å². The molecule has 1 atom stereocenters. The van der Waals surface area contributed by atoms with Gasteiger partial charge in [0.2, 0.25) is 5.91 Å². The van der Waals surface area contributed by atoms with E-state index in [1.165, 1.54) is 5.56 Å². The van der Waals surface area contributed by atoms with E-state index in [1.54, 1.807) is 15.5 Å². The summed E-state index contributed by atoms with van der Waals surface area (Å²) in [4.78, 5) is 34.6. The minimum Gasteiger partial charge on any atom is -0.342 e. The van der Waals surface area contributed by atoms with Gasteiger partial charge in [-0.15, -0.1) is 0 Å². The van der Waals surface area contributed by atoms with Crippen molar-refractivity contribution in [3.63, 3.8) is 0 Å². The maximum absolute atomic E-state index is 13.2. The molecular formula is C24H27N5O2. The molecule has 160 valence electrons. The second kappa shape index (κ2) is 7.48. The van der Waals surface area contributed by atoms with Crippen LogP contribution in [0.5, 0.6) is 0 Å². The first kappa shape index (κ1) is 19.7. The molecule has 1 unspecified atom stereocenters. The second-order valence-corrected chi connectivity index (χ2v) is 8.87. The van der Waals surface area contributed by atoms with Gasteiger partial charge in [-0.05, 0) is 44.7 Å².